The van der Waals surface area contributed by atoms with Gasteiger partial charge in [0.15, 0.2) is 0 Å². The second-order valence-corrected chi connectivity index (χ2v) is 6.12. The van der Waals surface area contributed by atoms with Crippen LogP contribution in [0.15, 0.2) is 54.7 Å². The van der Waals surface area contributed by atoms with Gasteiger partial charge in [-0.3, -0.25) is 5.21 Å². The first kappa shape index (κ1) is 15.4. The van der Waals surface area contributed by atoms with E-state index in [1.54, 1.807) is 18.3 Å². The van der Waals surface area contributed by atoms with E-state index in [1.807, 2.05) is 19.1 Å². The van der Waals surface area contributed by atoms with Gasteiger partial charge in [-0.2, -0.15) is 0 Å². The van der Waals surface area contributed by atoms with Crippen LogP contribution in [0.2, 0.25) is 0 Å². The van der Waals surface area contributed by atoms with E-state index in [4.69, 9.17) is 0 Å². The summed E-state index contributed by atoms with van der Waals surface area (Å²) in [4.78, 5) is 2.31. The number of rotatable bonds is 4. The van der Waals surface area contributed by atoms with E-state index in [0.717, 1.165) is 16.4 Å². The van der Waals surface area contributed by atoms with Crippen molar-refractivity contribution in [2.24, 2.45) is 0 Å². The smallest absolute Gasteiger partial charge is 0.114 e. The van der Waals surface area contributed by atoms with Gasteiger partial charge in [0.1, 0.15) is 6.04 Å². The molecule has 0 amide bonds. The Morgan fingerprint density at radius 3 is 2.67 bits per heavy atom. The quantitative estimate of drug-likeness (QED) is 0.671. The van der Waals surface area contributed by atoms with Crippen LogP contribution in [0.3, 0.4) is 0 Å². The molecule has 1 N–H and O–H groups in total. The number of hydrogen-bond donors (Lipinski definition) is 1. The topological polar surface area (TPSA) is 23.5 Å². The molecule has 0 unspecified atom stereocenters. The van der Waals surface area contributed by atoms with Crippen molar-refractivity contribution in [3.63, 3.8) is 0 Å². The molecular weight excluding hydrogens is 278 g/mol. The summed E-state index contributed by atoms with van der Waals surface area (Å²) in [6.45, 7) is 7.29. The molecular formula is C18H19NOS. The SMILES string of the molecule is C=C(C)N(O)[C@H](C)C#Cc1ccc(Cc2ccccc2)s1. The summed E-state index contributed by atoms with van der Waals surface area (Å²) in [5.74, 6) is 6.14. The second kappa shape index (κ2) is 7.12. The highest BCUT2D eigenvalue weighted by Crippen LogP contribution is 2.19. The average molecular weight is 297 g/mol. The van der Waals surface area contributed by atoms with Gasteiger partial charge in [-0.05, 0) is 31.5 Å². The van der Waals surface area contributed by atoms with E-state index in [9.17, 15) is 5.21 Å². The number of benzene rings is 1. The Morgan fingerprint density at radius 1 is 1.29 bits per heavy atom. The van der Waals surface area contributed by atoms with Crippen molar-refractivity contribution in [3.05, 3.63) is 70.1 Å². The van der Waals surface area contributed by atoms with Crippen molar-refractivity contribution < 1.29 is 5.21 Å². The largest absolute Gasteiger partial charge is 0.288 e. The van der Waals surface area contributed by atoms with Crippen LogP contribution < -0.4 is 0 Å². The van der Waals surface area contributed by atoms with Gasteiger partial charge in [0.25, 0.3) is 0 Å². The van der Waals surface area contributed by atoms with Crippen LogP contribution in [-0.4, -0.2) is 16.3 Å². The lowest BCUT2D eigenvalue weighted by atomic mass is 10.1. The first-order valence-electron chi connectivity index (χ1n) is 6.84. The van der Waals surface area contributed by atoms with Gasteiger partial charge >= 0.3 is 0 Å². The van der Waals surface area contributed by atoms with E-state index in [2.05, 4.69) is 48.8 Å². The molecule has 0 radical (unpaired) electrons. The number of allylic oxidation sites excluding steroid dienone is 1. The minimum absolute atomic E-state index is 0.262. The Bertz CT molecular complexity index is 663. The van der Waals surface area contributed by atoms with Gasteiger partial charge in [0.2, 0.25) is 0 Å². The number of thiophene rings is 1. The van der Waals surface area contributed by atoms with Crippen LogP contribution >= 0.6 is 11.3 Å². The molecule has 108 valence electrons. The highest BCUT2D eigenvalue weighted by Gasteiger charge is 2.06. The van der Waals surface area contributed by atoms with Gasteiger partial charge in [-0.25, -0.2) is 5.06 Å². The molecule has 0 saturated carbocycles. The summed E-state index contributed by atoms with van der Waals surface area (Å²) < 4.78 is 0. The van der Waals surface area contributed by atoms with Crippen LogP contribution in [0.25, 0.3) is 0 Å². The maximum Gasteiger partial charge on any atom is 0.114 e. The Hall–Kier alpha value is -2.02. The summed E-state index contributed by atoms with van der Waals surface area (Å²) in [6.07, 6.45) is 0.931. The molecule has 1 aromatic heterocycles. The van der Waals surface area contributed by atoms with E-state index in [-0.39, 0.29) is 6.04 Å². The van der Waals surface area contributed by atoms with E-state index in [1.165, 1.54) is 10.4 Å². The molecule has 1 atom stereocenters. The lowest BCUT2D eigenvalue weighted by Crippen LogP contribution is -2.26. The third-order valence-electron chi connectivity index (χ3n) is 3.05. The van der Waals surface area contributed by atoms with Crippen molar-refractivity contribution in [2.45, 2.75) is 26.3 Å². The van der Waals surface area contributed by atoms with Crippen LogP contribution in [0, 0.1) is 11.8 Å². The minimum Gasteiger partial charge on any atom is -0.288 e. The Kier molecular flexibility index (Phi) is 5.21. The fourth-order valence-corrected chi connectivity index (χ4v) is 2.81. The Balaban J connectivity index is 2.02. The van der Waals surface area contributed by atoms with Gasteiger partial charge in [0.05, 0.1) is 4.88 Å². The van der Waals surface area contributed by atoms with Crippen molar-refractivity contribution in [1.29, 1.82) is 0 Å². The molecule has 21 heavy (non-hydrogen) atoms. The van der Waals surface area contributed by atoms with Gasteiger partial charge in [0, 0.05) is 17.0 Å². The van der Waals surface area contributed by atoms with Gasteiger partial charge < -0.3 is 0 Å². The van der Waals surface area contributed by atoms with E-state index < -0.39 is 0 Å². The van der Waals surface area contributed by atoms with E-state index in [0.29, 0.717) is 5.70 Å². The average Bonchev–Trinajstić information content (AvgIpc) is 2.92. The molecule has 1 aromatic carbocycles. The molecule has 3 heteroatoms. The third-order valence-corrected chi connectivity index (χ3v) is 4.05. The molecule has 2 rings (SSSR count). The fourth-order valence-electron chi connectivity index (χ4n) is 1.90. The molecule has 0 aliphatic carbocycles. The zero-order valence-corrected chi connectivity index (χ0v) is 13.2. The van der Waals surface area contributed by atoms with E-state index >= 15 is 0 Å². The lowest BCUT2D eigenvalue weighted by molar-refractivity contribution is -0.0699. The highest BCUT2D eigenvalue weighted by molar-refractivity contribution is 7.12. The van der Waals surface area contributed by atoms with Gasteiger partial charge in [-0.15, -0.1) is 11.3 Å². The van der Waals surface area contributed by atoms with Crippen LogP contribution in [0.5, 0.6) is 0 Å². The maximum atomic E-state index is 9.71. The number of hydrogen-bond acceptors (Lipinski definition) is 3. The summed E-state index contributed by atoms with van der Waals surface area (Å²) in [5, 5.41) is 10.8. The molecule has 1 heterocycles. The van der Waals surface area contributed by atoms with Crippen molar-refractivity contribution in [2.75, 3.05) is 0 Å². The molecule has 0 spiro atoms. The van der Waals surface area contributed by atoms with Gasteiger partial charge in [-0.1, -0.05) is 48.8 Å². The monoisotopic (exact) mass is 297 g/mol. The third kappa shape index (κ3) is 4.49. The summed E-state index contributed by atoms with van der Waals surface area (Å²) in [7, 11) is 0. The summed E-state index contributed by atoms with van der Waals surface area (Å²) in [5.41, 5.74) is 1.89. The first-order valence-corrected chi connectivity index (χ1v) is 7.65. The molecule has 0 saturated heterocycles. The van der Waals surface area contributed by atoms with Crippen LogP contribution in [0.4, 0.5) is 0 Å². The fraction of sp³-hybridized carbons (Fsp3) is 0.222. The molecule has 0 bridgehead atoms. The lowest BCUT2D eigenvalue weighted by Gasteiger charge is -2.19. The first-order chi connectivity index (χ1) is 10.1. The molecule has 0 fully saturated rings. The molecule has 0 aliphatic rings. The molecule has 2 nitrogen and oxygen atoms in total. The normalized spacial score (nSPS) is 11.4. The number of hydroxylamine groups is 2. The Morgan fingerprint density at radius 2 is 2.00 bits per heavy atom. The highest BCUT2D eigenvalue weighted by atomic mass is 32.1. The minimum atomic E-state index is -0.262. The predicted octanol–water partition coefficient (Wildman–Crippen LogP) is 4.30. The predicted molar refractivity (Wildman–Crippen MR) is 88.3 cm³/mol. The maximum absolute atomic E-state index is 9.71. The van der Waals surface area contributed by atoms with Crippen molar-refractivity contribution in [1.82, 2.24) is 5.06 Å². The Labute approximate surface area is 130 Å². The number of nitrogens with zero attached hydrogens (tertiary/aromatic N) is 1. The van der Waals surface area contributed by atoms with Crippen LogP contribution in [-0.2, 0) is 6.42 Å². The zero-order valence-electron chi connectivity index (χ0n) is 12.3. The summed E-state index contributed by atoms with van der Waals surface area (Å²) >= 11 is 1.69. The molecule has 0 aliphatic heterocycles. The second-order valence-electron chi connectivity index (χ2n) is 4.95. The zero-order chi connectivity index (χ0) is 15.2. The summed E-state index contributed by atoms with van der Waals surface area (Å²) in [6, 6.07) is 14.3. The van der Waals surface area contributed by atoms with Crippen molar-refractivity contribution >= 4 is 11.3 Å². The van der Waals surface area contributed by atoms with Crippen molar-refractivity contribution in [3.8, 4) is 11.8 Å². The standard InChI is InChI=1S/C18H19NOS/c1-14(2)19(20)15(3)9-10-17-11-12-18(21-17)13-16-7-5-4-6-8-16/h4-8,11-12,15,20H,1,13H2,2-3H3/t15-/m1/s1. The van der Waals surface area contributed by atoms with Crippen LogP contribution in [0.1, 0.15) is 29.2 Å². The molecule has 2 aromatic rings.